The molecule has 3 saturated carbocycles. The third kappa shape index (κ3) is 2.04. The first-order valence-corrected chi connectivity index (χ1v) is 7.70. The Balaban J connectivity index is 1.48. The van der Waals surface area contributed by atoms with Crippen LogP contribution in [0.4, 0.5) is 0 Å². The Morgan fingerprint density at radius 2 is 1.94 bits per heavy atom. The number of rotatable bonds is 5. The van der Waals surface area contributed by atoms with E-state index >= 15 is 0 Å². The average Bonchev–Trinajstić information content (AvgIpc) is 2.72. The second-order valence-electron chi connectivity index (χ2n) is 6.38. The number of nitrogens with one attached hydrogen (secondary N) is 1. The zero-order valence-corrected chi connectivity index (χ0v) is 11.2. The second kappa shape index (κ2) is 4.89. The molecule has 2 atom stereocenters. The predicted molar refractivity (Wildman–Crippen MR) is 70.1 cm³/mol. The minimum atomic E-state index is 0.550. The van der Waals surface area contributed by atoms with Gasteiger partial charge in [-0.2, -0.15) is 0 Å². The van der Waals surface area contributed by atoms with Gasteiger partial charge in [0.1, 0.15) is 0 Å². The summed E-state index contributed by atoms with van der Waals surface area (Å²) in [6.07, 6.45) is 11.9. The van der Waals surface area contributed by atoms with Gasteiger partial charge in [0.05, 0.1) is 6.10 Å². The van der Waals surface area contributed by atoms with Gasteiger partial charge in [0.25, 0.3) is 0 Å². The Morgan fingerprint density at radius 1 is 1.18 bits per heavy atom. The molecule has 0 bridgehead atoms. The van der Waals surface area contributed by atoms with Crippen molar-refractivity contribution in [1.82, 2.24) is 5.32 Å². The highest BCUT2D eigenvalue weighted by atomic mass is 16.5. The van der Waals surface area contributed by atoms with Gasteiger partial charge in [0, 0.05) is 18.1 Å². The molecule has 0 radical (unpaired) electrons. The minimum Gasteiger partial charge on any atom is -0.378 e. The molecule has 0 aliphatic heterocycles. The van der Waals surface area contributed by atoms with Crippen molar-refractivity contribution in [2.75, 3.05) is 13.2 Å². The smallest absolute Gasteiger partial charge is 0.0661 e. The van der Waals surface area contributed by atoms with E-state index in [1.807, 2.05) is 0 Å². The summed E-state index contributed by atoms with van der Waals surface area (Å²) in [6.45, 7) is 4.29. The lowest BCUT2D eigenvalue weighted by Crippen LogP contribution is -2.67. The lowest BCUT2D eigenvalue weighted by Gasteiger charge is -2.61. The zero-order valence-electron chi connectivity index (χ0n) is 11.2. The molecule has 0 heterocycles. The molecule has 2 heteroatoms. The molecule has 98 valence electrons. The maximum absolute atomic E-state index is 5.90. The van der Waals surface area contributed by atoms with Gasteiger partial charge in [-0.05, 0) is 51.5 Å². The predicted octanol–water partition coefficient (Wildman–Crippen LogP) is 3.11. The van der Waals surface area contributed by atoms with E-state index in [0.717, 1.165) is 18.6 Å². The quantitative estimate of drug-likeness (QED) is 0.793. The van der Waals surface area contributed by atoms with E-state index < -0.39 is 0 Å². The summed E-state index contributed by atoms with van der Waals surface area (Å²) >= 11 is 0. The summed E-state index contributed by atoms with van der Waals surface area (Å²) in [5, 5.41) is 3.86. The van der Waals surface area contributed by atoms with Gasteiger partial charge in [0.15, 0.2) is 0 Å². The molecule has 1 spiro atoms. The largest absolute Gasteiger partial charge is 0.378 e. The highest BCUT2D eigenvalue weighted by Gasteiger charge is 2.58. The molecule has 0 aromatic rings. The van der Waals surface area contributed by atoms with E-state index in [0.29, 0.717) is 11.5 Å². The van der Waals surface area contributed by atoms with E-state index in [9.17, 15) is 0 Å². The Kier molecular flexibility index (Phi) is 3.45. The fourth-order valence-electron chi connectivity index (χ4n) is 4.25. The van der Waals surface area contributed by atoms with E-state index in [2.05, 4.69) is 12.2 Å². The normalized spacial score (nSPS) is 35.8. The maximum atomic E-state index is 5.90. The molecule has 1 N–H and O–H groups in total. The number of ether oxygens (including phenoxy) is 1. The standard InChI is InChI=1S/C15H27NO/c1-2-17-14-10-13(15(14)8-5-9-15)16-11-12-6-3-4-7-12/h12-14,16H,2-11H2,1H3. The van der Waals surface area contributed by atoms with Crippen LogP contribution >= 0.6 is 0 Å². The van der Waals surface area contributed by atoms with E-state index in [1.165, 1.54) is 57.9 Å². The van der Waals surface area contributed by atoms with Crippen LogP contribution in [0.5, 0.6) is 0 Å². The molecule has 3 fully saturated rings. The summed E-state index contributed by atoms with van der Waals surface area (Å²) in [5.41, 5.74) is 0.550. The van der Waals surface area contributed by atoms with Gasteiger partial charge in [-0.25, -0.2) is 0 Å². The van der Waals surface area contributed by atoms with Gasteiger partial charge in [-0.15, -0.1) is 0 Å². The summed E-state index contributed by atoms with van der Waals surface area (Å²) in [7, 11) is 0. The van der Waals surface area contributed by atoms with Crippen LogP contribution in [0.1, 0.15) is 58.3 Å². The highest BCUT2D eigenvalue weighted by molar-refractivity contribution is 5.12. The summed E-state index contributed by atoms with van der Waals surface area (Å²) in [6, 6.07) is 0.772. The van der Waals surface area contributed by atoms with Crippen molar-refractivity contribution in [3.05, 3.63) is 0 Å². The molecule has 0 amide bonds. The van der Waals surface area contributed by atoms with E-state index in [1.54, 1.807) is 0 Å². The Morgan fingerprint density at radius 3 is 2.53 bits per heavy atom. The first-order chi connectivity index (χ1) is 8.35. The molecule has 0 saturated heterocycles. The molecule has 2 unspecified atom stereocenters. The highest BCUT2D eigenvalue weighted by Crippen LogP contribution is 2.57. The van der Waals surface area contributed by atoms with Gasteiger partial charge < -0.3 is 10.1 Å². The van der Waals surface area contributed by atoms with Crippen LogP contribution in [0, 0.1) is 11.3 Å². The molecular formula is C15H27NO. The van der Waals surface area contributed by atoms with Gasteiger partial charge in [-0.1, -0.05) is 19.3 Å². The maximum Gasteiger partial charge on any atom is 0.0661 e. The molecular weight excluding hydrogens is 210 g/mol. The van der Waals surface area contributed by atoms with Gasteiger partial charge in [-0.3, -0.25) is 0 Å². The number of hydrogen-bond donors (Lipinski definition) is 1. The summed E-state index contributed by atoms with van der Waals surface area (Å²) < 4.78 is 5.90. The second-order valence-corrected chi connectivity index (χ2v) is 6.38. The Labute approximate surface area is 105 Å². The van der Waals surface area contributed by atoms with Crippen LogP contribution in [0.25, 0.3) is 0 Å². The van der Waals surface area contributed by atoms with E-state index in [4.69, 9.17) is 4.74 Å². The third-order valence-corrected chi connectivity index (χ3v) is 5.56. The van der Waals surface area contributed by atoms with Crippen molar-refractivity contribution in [3.8, 4) is 0 Å². The fraction of sp³-hybridized carbons (Fsp3) is 1.00. The lowest BCUT2D eigenvalue weighted by atomic mass is 9.51. The third-order valence-electron chi connectivity index (χ3n) is 5.56. The van der Waals surface area contributed by atoms with Crippen LogP contribution in [0.2, 0.25) is 0 Å². The molecule has 3 aliphatic rings. The average molecular weight is 237 g/mol. The van der Waals surface area contributed by atoms with Crippen molar-refractivity contribution in [3.63, 3.8) is 0 Å². The molecule has 2 nitrogen and oxygen atoms in total. The summed E-state index contributed by atoms with van der Waals surface area (Å²) in [5.74, 6) is 0.971. The Bertz CT molecular complexity index is 256. The first-order valence-electron chi connectivity index (χ1n) is 7.70. The molecule has 3 rings (SSSR count). The van der Waals surface area contributed by atoms with Crippen molar-refractivity contribution in [1.29, 1.82) is 0 Å². The summed E-state index contributed by atoms with van der Waals surface area (Å²) in [4.78, 5) is 0. The SMILES string of the molecule is CCOC1CC(NCC2CCCC2)C12CCC2. The van der Waals surface area contributed by atoms with Crippen LogP contribution in [-0.4, -0.2) is 25.3 Å². The van der Waals surface area contributed by atoms with Crippen molar-refractivity contribution in [2.45, 2.75) is 70.4 Å². The van der Waals surface area contributed by atoms with Crippen molar-refractivity contribution < 1.29 is 4.74 Å². The minimum absolute atomic E-state index is 0.550. The Hall–Kier alpha value is -0.0800. The number of hydrogen-bond acceptors (Lipinski definition) is 2. The van der Waals surface area contributed by atoms with Crippen molar-refractivity contribution >= 4 is 0 Å². The van der Waals surface area contributed by atoms with Crippen molar-refractivity contribution in [2.24, 2.45) is 11.3 Å². The first kappa shape index (κ1) is 12.0. The molecule has 0 aromatic heterocycles. The molecule has 0 aromatic carbocycles. The van der Waals surface area contributed by atoms with Crippen LogP contribution < -0.4 is 5.32 Å². The van der Waals surface area contributed by atoms with Gasteiger partial charge in [0.2, 0.25) is 0 Å². The lowest BCUT2D eigenvalue weighted by molar-refractivity contribution is -0.173. The molecule has 17 heavy (non-hydrogen) atoms. The van der Waals surface area contributed by atoms with Gasteiger partial charge >= 0.3 is 0 Å². The van der Waals surface area contributed by atoms with Crippen LogP contribution in [-0.2, 0) is 4.74 Å². The van der Waals surface area contributed by atoms with Crippen LogP contribution in [0.3, 0.4) is 0 Å². The van der Waals surface area contributed by atoms with E-state index in [-0.39, 0.29) is 0 Å². The molecule has 3 aliphatic carbocycles. The monoisotopic (exact) mass is 237 g/mol. The zero-order chi connectivity index (χ0) is 11.7. The topological polar surface area (TPSA) is 21.3 Å². The fourth-order valence-corrected chi connectivity index (χ4v) is 4.25. The van der Waals surface area contributed by atoms with Crippen LogP contribution in [0.15, 0.2) is 0 Å².